The average molecular weight is 486 g/mol. The highest BCUT2D eigenvalue weighted by molar-refractivity contribution is 7.21. The van der Waals surface area contributed by atoms with Gasteiger partial charge >= 0.3 is 6.03 Å². The largest absolute Gasteiger partial charge is 0.457 e. The minimum atomic E-state index is -0.323. The number of ether oxygens (including phenoxy) is 1. The Bertz CT molecular complexity index is 1400. The first-order valence-corrected chi connectivity index (χ1v) is 12.4. The Morgan fingerprint density at radius 2 is 1.77 bits per heavy atom. The number of carbonyl (C=O) groups excluding carboxylic acids is 2. The van der Waals surface area contributed by atoms with Crippen molar-refractivity contribution in [3.8, 4) is 11.5 Å². The molecular formula is C26H23N5O3S. The van der Waals surface area contributed by atoms with Crippen LogP contribution in [0.15, 0.2) is 66.9 Å². The normalized spacial score (nSPS) is 15.7. The van der Waals surface area contributed by atoms with Crippen LogP contribution in [0.2, 0.25) is 0 Å². The van der Waals surface area contributed by atoms with Gasteiger partial charge in [0.15, 0.2) is 0 Å². The number of nitrogens with zero attached hydrogens (tertiary/aromatic N) is 2. The van der Waals surface area contributed by atoms with Crippen LogP contribution in [0.4, 0.5) is 21.9 Å². The zero-order valence-electron chi connectivity index (χ0n) is 18.8. The van der Waals surface area contributed by atoms with Crippen LogP contribution in [-0.4, -0.2) is 36.1 Å². The predicted molar refractivity (Wildman–Crippen MR) is 137 cm³/mol. The van der Waals surface area contributed by atoms with Crippen molar-refractivity contribution < 1.29 is 14.3 Å². The molecule has 4 heterocycles. The zero-order chi connectivity index (χ0) is 23.8. The number of urea groups is 1. The number of amides is 3. The number of hydrogen-bond donors (Lipinski definition) is 3. The minimum Gasteiger partial charge on any atom is -0.457 e. The van der Waals surface area contributed by atoms with Crippen LogP contribution in [0.3, 0.4) is 0 Å². The van der Waals surface area contributed by atoms with Crippen molar-refractivity contribution in [2.45, 2.75) is 18.9 Å². The van der Waals surface area contributed by atoms with Crippen molar-refractivity contribution in [1.29, 1.82) is 0 Å². The summed E-state index contributed by atoms with van der Waals surface area (Å²) in [6, 6.07) is 18.5. The first kappa shape index (κ1) is 21.6. The Balaban J connectivity index is 1.31. The Labute approximate surface area is 205 Å². The number of hydrogen-bond acceptors (Lipinski definition) is 6. The fraction of sp³-hybridized carbons (Fsp3) is 0.192. The number of benzene rings is 2. The molecule has 3 amide bonds. The van der Waals surface area contributed by atoms with E-state index in [-0.39, 0.29) is 18.0 Å². The summed E-state index contributed by atoms with van der Waals surface area (Å²) in [5.74, 6) is 1.24. The van der Waals surface area contributed by atoms with E-state index in [2.05, 4.69) is 20.9 Å². The molecule has 1 fully saturated rings. The molecule has 2 aromatic heterocycles. The second kappa shape index (κ2) is 9.01. The van der Waals surface area contributed by atoms with Gasteiger partial charge < -0.3 is 20.7 Å². The zero-order valence-corrected chi connectivity index (χ0v) is 19.6. The summed E-state index contributed by atoms with van der Waals surface area (Å²) in [6.07, 6.45) is 3.45. The molecule has 0 aliphatic carbocycles. The topological polar surface area (TPSA) is 95.6 Å². The lowest BCUT2D eigenvalue weighted by Crippen LogP contribution is -2.42. The number of piperidine rings is 1. The van der Waals surface area contributed by atoms with Crippen LogP contribution in [0.1, 0.15) is 22.5 Å². The number of anilines is 3. The van der Waals surface area contributed by atoms with Crippen LogP contribution in [0.5, 0.6) is 11.5 Å². The van der Waals surface area contributed by atoms with Crippen molar-refractivity contribution >= 4 is 50.6 Å². The van der Waals surface area contributed by atoms with E-state index in [9.17, 15) is 9.59 Å². The van der Waals surface area contributed by atoms with E-state index in [0.717, 1.165) is 37.1 Å². The number of aromatic nitrogens is 1. The quantitative estimate of drug-likeness (QED) is 0.359. The van der Waals surface area contributed by atoms with Gasteiger partial charge in [0.05, 0.1) is 22.4 Å². The maximum Gasteiger partial charge on any atom is 0.331 e. The molecule has 0 radical (unpaired) electrons. The number of pyridine rings is 1. The third-order valence-corrected chi connectivity index (χ3v) is 7.30. The Morgan fingerprint density at radius 3 is 2.54 bits per heavy atom. The molecule has 0 spiro atoms. The van der Waals surface area contributed by atoms with Crippen LogP contribution < -0.4 is 25.6 Å². The number of thiophene rings is 1. The lowest BCUT2D eigenvalue weighted by Gasteiger charge is -2.28. The van der Waals surface area contributed by atoms with Gasteiger partial charge in [-0.2, -0.15) is 0 Å². The van der Waals surface area contributed by atoms with Crippen LogP contribution in [0.25, 0.3) is 10.2 Å². The van der Waals surface area contributed by atoms with Gasteiger partial charge in [-0.05, 0) is 68.4 Å². The molecule has 4 aromatic rings. The molecule has 2 aliphatic heterocycles. The number of rotatable bonds is 5. The fourth-order valence-electron chi connectivity index (χ4n) is 4.51. The van der Waals surface area contributed by atoms with Gasteiger partial charge in [-0.15, -0.1) is 11.3 Å². The lowest BCUT2D eigenvalue weighted by molar-refractivity contribution is 0.0934. The van der Waals surface area contributed by atoms with Gasteiger partial charge in [-0.3, -0.25) is 9.69 Å². The molecule has 8 nitrogen and oxygen atoms in total. The highest BCUT2D eigenvalue weighted by Crippen LogP contribution is 2.45. The Hall–Kier alpha value is -3.95. The summed E-state index contributed by atoms with van der Waals surface area (Å²) in [5.41, 5.74) is 1.92. The van der Waals surface area contributed by atoms with Crippen LogP contribution in [0, 0.1) is 0 Å². The lowest BCUT2D eigenvalue weighted by atomic mass is 10.1. The number of nitrogens with one attached hydrogen (secondary N) is 3. The third kappa shape index (κ3) is 4.09. The summed E-state index contributed by atoms with van der Waals surface area (Å²) in [5, 5.41) is 10.1. The van der Waals surface area contributed by atoms with E-state index in [1.807, 2.05) is 54.6 Å². The molecule has 6 rings (SSSR count). The highest BCUT2D eigenvalue weighted by atomic mass is 32.1. The van der Waals surface area contributed by atoms with Crippen LogP contribution >= 0.6 is 11.3 Å². The van der Waals surface area contributed by atoms with Gasteiger partial charge in [0.25, 0.3) is 5.91 Å². The minimum absolute atomic E-state index is 0.126. The molecule has 0 saturated carbocycles. The summed E-state index contributed by atoms with van der Waals surface area (Å²) in [4.78, 5) is 33.7. The van der Waals surface area contributed by atoms with Gasteiger partial charge in [0.1, 0.15) is 21.2 Å². The highest BCUT2D eigenvalue weighted by Gasteiger charge is 2.33. The fourth-order valence-corrected chi connectivity index (χ4v) is 5.53. The molecule has 1 saturated heterocycles. The van der Waals surface area contributed by atoms with Gasteiger partial charge in [-0.25, -0.2) is 9.78 Å². The summed E-state index contributed by atoms with van der Waals surface area (Å²) >= 11 is 1.30. The first-order valence-electron chi connectivity index (χ1n) is 11.5. The summed E-state index contributed by atoms with van der Waals surface area (Å²) < 4.78 is 5.88. The van der Waals surface area contributed by atoms with Crippen molar-refractivity contribution in [2.75, 3.05) is 23.3 Å². The second-order valence-electron chi connectivity index (χ2n) is 8.49. The van der Waals surface area contributed by atoms with E-state index >= 15 is 0 Å². The molecule has 0 atom stereocenters. The van der Waals surface area contributed by atoms with Crippen molar-refractivity contribution in [3.63, 3.8) is 0 Å². The molecule has 35 heavy (non-hydrogen) atoms. The average Bonchev–Trinajstić information content (AvgIpc) is 3.26. The van der Waals surface area contributed by atoms with Crippen molar-refractivity contribution in [1.82, 2.24) is 15.6 Å². The third-order valence-electron chi connectivity index (χ3n) is 6.20. The molecule has 3 N–H and O–H groups in total. The number of carbonyl (C=O) groups is 2. The van der Waals surface area contributed by atoms with Crippen molar-refractivity contribution in [2.24, 2.45) is 0 Å². The van der Waals surface area contributed by atoms with E-state index in [0.29, 0.717) is 32.5 Å². The maximum atomic E-state index is 13.3. The molecule has 176 valence electrons. The molecule has 9 heteroatoms. The Kier molecular flexibility index (Phi) is 5.55. The Morgan fingerprint density at radius 1 is 1.03 bits per heavy atom. The van der Waals surface area contributed by atoms with Crippen LogP contribution in [-0.2, 0) is 0 Å². The van der Waals surface area contributed by atoms with E-state index in [1.54, 1.807) is 17.2 Å². The standard InChI is InChI=1S/C26H23N5O3S/c32-24(29-16-10-13-27-14-11-16)23-22-21-20(12-15-28-25(21)35-23)31(26(33)30-22)17-6-8-19(9-7-17)34-18-4-2-1-3-5-18/h1-9,12,15-16,27H,10-11,13-14H2,(H,29,32)(H,30,33). The summed E-state index contributed by atoms with van der Waals surface area (Å²) in [6.45, 7) is 1.77. The molecule has 0 bridgehead atoms. The maximum absolute atomic E-state index is 13.3. The monoisotopic (exact) mass is 485 g/mol. The SMILES string of the molecule is O=C(NC1CCNCC1)c1sc2nccc3c2c1NC(=O)N3c1ccc(Oc2ccccc2)cc1. The van der Waals surface area contributed by atoms with E-state index < -0.39 is 0 Å². The molecule has 2 aliphatic rings. The second-order valence-corrected chi connectivity index (χ2v) is 9.49. The molecular weight excluding hydrogens is 462 g/mol. The predicted octanol–water partition coefficient (Wildman–Crippen LogP) is 5.25. The van der Waals surface area contributed by atoms with E-state index in [1.165, 1.54) is 11.3 Å². The smallest absolute Gasteiger partial charge is 0.331 e. The van der Waals surface area contributed by atoms with Gasteiger partial charge in [0.2, 0.25) is 0 Å². The molecule has 2 aromatic carbocycles. The van der Waals surface area contributed by atoms with Gasteiger partial charge in [-0.1, -0.05) is 18.2 Å². The summed E-state index contributed by atoms with van der Waals surface area (Å²) in [7, 11) is 0. The van der Waals surface area contributed by atoms with Gasteiger partial charge in [0, 0.05) is 12.2 Å². The first-order chi connectivity index (χ1) is 17.2. The number of para-hydroxylation sites is 1. The van der Waals surface area contributed by atoms with E-state index in [4.69, 9.17) is 4.74 Å². The molecule has 0 unspecified atom stereocenters. The van der Waals surface area contributed by atoms with Crippen molar-refractivity contribution in [3.05, 3.63) is 71.7 Å².